The maximum atomic E-state index is 12.4. The summed E-state index contributed by atoms with van der Waals surface area (Å²) in [5.41, 5.74) is 2.86. The van der Waals surface area contributed by atoms with Crippen molar-refractivity contribution in [3.05, 3.63) is 57.3 Å². The van der Waals surface area contributed by atoms with Gasteiger partial charge in [-0.2, -0.15) is 0 Å². The van der Waals surface area contributed by atoms with Crippen LogP contribution in [0.4, 0.5) is 0 Å². The number of hydrogen-bond acceptors (Lipinski definition) is 3. The molecule has 1 aromatic carbocycles. The number of carbonyl (C=O) groups excluding carboxylic acids is 2. The lowest BCUT2D eigenvalue weighted by atomic mass is 9.85. The first kappa shape index (κ1) is 19.4. The minimum atomic E-state index is -0.0847. The van der Waals surface area contributed by atoms with E-state index in [0.717, 1.165) is 10.4 Å². The molecular formula is C21H27NO2S. The van der Waals surface area contributed by atoms with Crippen LogP contribution in [0.25, 0.3) is 0 Å². The molecule has 0 saturated carbocycles. The number of rotatable bonds is 6. The maximum Gasteiger partial charge on any atom is 0.220 e. The molecule has 0 aliphatic carbocycles. The Labute approximate surface area is 154 Å². The Bertz CT molecular complexity index is 742. The largest absolute Gasteiger partial charge is 0.348 e. The highest BCUT2D eigenvalue weighted by atomic mass is 32.1. The Morgan fingerprint density at radius 2 is 1.80 bits per heavy atom. The molecule has 1 aromatic heterocycles. The Morgan fingerprint density at radius 1 is 1.08 bits per heavy atom. The van der Waals surface area contributed by atoms with E-state index in [-0.39, 0.29) is 36.0 Å². The van der Waals surface area contributed by atoms with Crippen molar-refractivity contribution < 1.29 is 9.59 Å². The molecule has 0 aliphatic heterocycles. The summed E-state index contributed by atoms with van der Waals surface area (Å²) in [7, 11) is 0. The van der Waals surface area contributed by atoms with Gasteiger partial charge in [-0.1, -0.05) is 39.0 Å². The molecule has 1 atom stereocenters. The molecule has 0 fully saturated rings. The first-order valence-corrected chi connectivity index (χ1v) is 9.49. The summed E-state index contributed by atoms with van der Waals surface area (Å²) in [6, 6.07) is 9.69. The van der Waals surface area contributed by atoms with Crippen molar-refractivity contribution in [2.45, 2.75) is 53.5 Å². The number of aryl methyl sites for hydroxylation is 2. The molecule has 0 bridgehead atoms. The molecule has 1 amide bonds. The summed E-state index contributed by atoms with van der Waals surface area (Å²) in [4.78, 5) is 25.9. The molecule has 1 N–H and O–H groups in total. The molecule has 0 saturated heterocycles. The van der Waals surface area contributed by atoms with Crippen LogP contribution in [0, 0.1) is 19.3 Å². The number of thiophene rings is 1. The van der Waals surface area contributed by atoms with Crippen LogP contribution in [-0.4, -0.2) is 11.7 Å². The van der Waals surface area contributed by atoms with E-state index in [0.29, 0.717) is 5.56 Å². The number of Topliss-reactive ketones (excluding diaryl/α,β-unsaturated/α-hetero) is 1. The quantitative estimate of drug-likeness (QED) is 0.719. The molecule has 0 spiro atoms. The summed E-state index contributed by atoms with van der Waals surface area (Å²) in [5, 5.41) is 5.12. The summed E-state index contributed by atoms with van der Waals surface area (Å²) < 4.78 is 0. The summed E-state index contributed by atoms with van der Waals surface area (Å²) >= 11 is 1.64. The minimum absolute atomic E-state index is 0.0154. The van der Waals surface area contributed by atoms with Crippen LogP contribution in [0.5, 0.6) is 0 Å². The van der Waals surface area contributed by atoms with Crippen LogP contribution in [0.1, 0.15) is 66.0 Å². The molecule has 1 heterocycles. The average molecular weight is 358 g/mol. The highest BCUT2D eigenvalue weighted by Crippen LogP contribution is 2.35. The van der Waals surface area contributed by atoms with Crippen molar-refractivity contribution in [3.8, 4) is 0 Å². The lowest BCUT2D eigenvalue weighted by Crippen LogP contribution is -2.36. The Balaban J connectivity index is 1.97. The number of hydrogen-bond donors (Lipinski definition) is 1. The highest BCUT2D eigenvalue weighted by molar-refractivity contribution is 7.10. The van der Waals surface area contributed by atoms with E-state index in [1.807, 2.05) is 49.6 Å². The van der Waals surface area contributed by atoms with Crippen molar-refractivity contribution in [2.75, 3.05) is 0 Å². The standard InChI is InChI=1S/C21H27NO2S/c1-14-8-9-16(13-15(14)2)17(23)10-11-19(24)22-20(21(3,4)5)18-7-6-12-25-18/h6-9,12-13,20H,10-11H2,1-5H3,(H,22,24). The van der Waals surface area contributed by atoms with Crippen molar-refractivity contribution in [3.63, 3.8) is 0 Å². The van der Waals surface area contributed by atoms with Gasteiger partial charge in [0.05, 0.1) is 6.04 Å². The van der Waals surface area contributed by atoms with E-state index in [2.05, 4.69) is 26.1 Å². The second-order valence-electron chi connectivity index (χ2n) is 7.60. The first-order valence-electron chi connectivity index (χ1n) is 8.61. The van der Waals surface area contributed by atoms with E-state index in [1.54, 1.807) is 11.3 Å². The van der Waals surface area contributed by atoms with Gasteiger partial charge in [0.25, 0.3) is 0 Å². The number of amides is 1. The monoisotopic (exact) mass is 357 g/mol. The van der Waals surface area contributed by atoms with Crippen molar-refractivity contribution in [2.24, 2.45) is 5.41 Å². The van der Waals surface area contributed by atoms with E-state index < -0.39 is 0 Å². The van der Waals surface area contributed by atoms with Crippen molar-refractivity contribution in [1.82, 2.24) is 5.32 Å². The van der Waals surface area contributed by atoms with Crippen LogP contribution in [-0.2, 0) is 4.79 Å². The fraction of sp³-hybridized carbons (Fsp3) is 0.429. The number of carbonyl (C=O) groups is 2. The predicted octanol–water partition coefficient (Wildman–Crippen LogP) is 5.23. The number of nitrogens with one attached hydrogen (secondary N) is 1. The van der Waals surface area contributed by atoms with Crippen LogP contribution in [0.3, 0.4) is 0 Å². The van der Waals surface area contributed by atoms with Crippen LogP contribution < -0.4 is 5.32 Å². The van der Waals surface area contributed by atoms with E-state index in [1.165, 1.54) is 5.56 Å². The van der Waals surface area contributed by atoms with E-state index in [9.17, 15) is 9.59 Å². The smallest absolute Gasteiger partial charge is 0.220 e. The Kier molecular flexibility index (Phi) is 6.17. The third-order valence-electron chi connectivity index (χ3n) is 4.41. The van der Waals surface area contributed by atoms with Gasteiger partial charge in [0, 0.05) is 23.3 Å². The van der Waals surface area contributed by atoms with Gasteiger partial charge in [0.15, 0.2) is 5.78 Å². The molecular weight excluding hydrogens is 330 g/mol. The van der Waals surface area contributed by atoms with Gasteiger partial charge < -0.3 is 5.32 Å². The molecule has 134 valence electrons. The third kappa shape index (κ3) is 5.27. The van der Waals surface area contributed by atoms with Gasteiger partial charge in [0.2, 0.25) is 5.91 Å². The molecule has 4 heteroatoms. The van der Waals surface area contributed by atoms with Gasteiger partial charge in [-0.05, 0) is 47.9 Å². The van der Waals surface area contributed by atoms with Crippen LogP contribution in [0.2, 0.25) is 0 Å². The van der Waals surface area contributed by atoms with Crippen LogP contribution in [0.15, 0.2) is 35.7 Å². The van der Waals surface area contributed by atoms with Gasteiger partial charge in [-0.15, -0.1) is 11.3 Å². The zero-order chi connectivity index (χ0) is 18.6. The summed E-state index contributed by atoms with van der Waals surface area (Å²) in [5.74, 6) is -0.0628. The van der Waals surface area contributed by atoms with E-state index >= 15 is 0 Å². The molecule has 0 radical (unpaired) electrons. The fourth-order valence-corrected chi connectivity index (χ4v) is 3.71. The van der Waals surface area contributed by atoms with E-state index in [4.69, 9.17) is 0 Å². The summed E-state index contributed by atoms with van der Waals surface area (Å²) in [6.45, 7) is 10.3. The molecule has 2 rings (SSSR count). The number of ketones is 1. The fourth-order valence-electron chi connectivity index (χ4n) is 2.69. The second kappa shape index (κ2) is 7.96. The van der Waals surface area contributed by atoms with Gasteiger partial charge in [-0.25, -0.2) is 0 Å². The second-order valence-corrected chi connectivity index (χ2v) is 8.58. The normalized spacial score (nSPS) is 12.7. The van der Waals surface area contributed by atoms with Crippen molar-refractivity contribution >= 4 is 23.0 Å². The number of benzene rings is 1. The summed E-state index contributed by atoms with van der Waals surface area (Å²) in [6.07, 6.45) is 0.444. The first-order chi connectivity index (χ1) is 11.7. The lowest BCUT2D eigenvalue weighted by molar-refractivity contribution is -0.122. The van der Waals surface area contributed by atoms with Crippen LogP contribution >= 0.6 is 11.3 Å². The van der Waals surface area contributed by atoms with Crippen molar-refractivity contribution in [1.29, 1.82) is 0 Å². The SMILES string of the molecule is Cc1ccc(C(=O)CCC(=O)NC(c2cccs2)C(C)(C)C)cc1C. The zero-order valence-electron chi connectivity index (χ0n) is 15.7. The Morgan fingerprint density at radius 3 is 2.36 bits per heavy atom. The van der Waals surface area contributed by atoms with Gasteiger partial charge >= 0.3 is 0 Å². The minimum Gasteiger partial charge on any atom is -0.348 e. The zero-order valence-corrected chi connectivity index (χ0v) is 16.5. The Hall–Kier alpha value is -1.94. The maximum absolute atomic E-state index is 12.4. The van der Waals surface area contributed by atoms with Gasteiger partial charge in [-0.3, -0.25) is 9.59 Å². The molecule has 1 unspecified atom stereocenters. The molecule has 0 aliphatic rings. The topological polar surface area (TPSA) is 46.2 Å². The predicted molar refractivity (Wildman–Crippen MR) is 104 cm³/mol. The molecule has 3 nitrogen and oxygen atoms in total. The molecule has 25 heavy (non-hydrogen) atoms. The average Bonchev–Trinajstić information content (AvgIpc) is 3.05. The lowest BCUT2D eigenvalue weighted by Gasteiger charge is -2.30. The third-order valence-corrected chi connectivity index (χ3v) is 5.34. The molecule has 2 aromatic rings. The highest BCUT2D eigenvalue weighted by Gasteiger charge is 2.28. The van der Waals surface area contributed by atoms with Gasteiger partial charge in [0.1, 0.15) is 0 Å².